The molecule has 0 aliphatic carbocycles. The lowest BCUT2D eigenvalue weighted by atomic mass is 10.1. The maximum Gasteiger partial charge on any atom is 0.223 e. The number of aromatic amines is 1. The molecule has 0 saturated carbocycles. The number of ketones is 1. The minimum atomic E-state index is -0.535. The van der Waals surface area contributed by atoms with Crippen molar-refractivity contribution in [2.45, 2.75) is 0 Å². The molecule has 2 N–H and O–H groups in total. The quantitative estimate of drug-likeness (QED) is 0.655. The van der Waals surface area contributed by atoms with Crippen molar-refractivity contribution < 1.29 is 14.3 Å². The van der Waals surface area contributed by atoms with Crippen LogP contribution in [-0.4, -0.2) is 15.9 Å². The first-order chi connectivity index (χ1) is 9.06. The van der Waals surface area contributed by atoms with Gasteiger partial charge in [0, 0.05) is 23.5 Å². The Morgan fingerprint density at radius 3 is 2.58 bits per heavy atom. The van der Waals surface area contributed by atoms with Crippen molar-refractivity contribution in [2.75, 3.05) is 0 Å². The first kappa shape index (κ1) is 12.8. The lowest BCUT2D eigenvalue weighted by Crippen LogP contribution is -2.00. The smallest absolute Gasteiger partial charge is 0.223 e. The van der Waals surface area contributed by atoms with E-state index in [9.17, 15) is 14.0 Å². The fraction of sp³-hybridized carbons (Fsp3) is 0. The summed E-state index contributed by atoms with van der Waals surface area (Å²) in [5.74, 6) is -1.11. The normalized spacial score (nSPS) is 10.8. The van der Waals surface area contributed by atoms with Gasteiger partial charge in [0.2, 0.25) is 5.43 Å². The van der Waals surface area contributed by atoms with Crippen LogP contribution in [0, 0.1) is 5.82 Å². The lowest BCUT2D eigenvalue weighted by Gasteiger charge is -1.96. The monoisotopic (exact) mass is 259 g/mol. The number of hydrogen-bond acceptors (Lipinski definition) is 3. The number of pyridine rings is 1. The van der Waals surface area contributed by atoms with Gasteiger partial charge in [0.25, 0.3) is 0 Å². The third kappa shape index (κ3) is 3.16. The highest BCUT2D eigenvalue weighted by molar-refractivity contribution is 6.06. The van der Waals surface area contributed by atoms with Crippen LogP contribution in [0.2, 0.25) is 0 Å². The van der Waals surface area contributed by atoms with Gasteiger partial charge in [-0.25, -0.2) is 4.39 Å². The first-order valence-electron chi connectivity index (χ1n) is 5.46. The van der Waals surface area contributed by atoms with Crippen LogP contribution < -0.4 is 5.43 Å². The van der Waals surface area contributed by atoms with E-state index < -0.39 is 11.2 Å². The topological polar surface area (TPSA) is 70.2 Å². The number of rotatable bonds is 3. The molecule has 0 spiro atoms. The summed E-state index contributed by atoms with van der Waals surface area (Å²) < 4.78 is 12.7. The van der Waals surface area contributed by atoms with E-state index in [1.165, 1.54) is 42.5 Å². The number of hydrogen-bond donors (Lipinski definition) is 2. The molecule has 4 nitrogen and oxygen atoms in total. The van der Waals surface area contributed by atoms with Crippen LogP contribution in [0.3, 0.4) is 0 Å². The molecule has 19 heavy (non-hydrogen) atoms. The lowest BCUT2D eigenvalue weighted by molar-refractivity contribution is 0.104. The van der Waals surface area contributed by atoms with Crippen LogP contribution in [0.5, 0.6) is 5.75 Å². The predicted molar refractivity (Wildman–Crippen MR) is 68.5 cm³/mol. The van der Waals surface area contributed by atoms with E-state index in [2.05, 4.69) is 4.98 Å². The summed E-state index contributed by atoms with van der Waals surface area (Å²) in [6, 6.07) is 6.32. The third-order valence-corrected chi connectivity index (χ3v) is 2.46. The fourth-order valence-electron chi connectivity index (χ4n) is 1.45. The molecule has 0 atom stereocenters. The maximum absolute atomic E-state index is 12.7. The van der Waals surface area contributed by atoms with E-state index in [4.69, 9.17) is 5.11 Å². The molecular weight excluding hydrogens is 249 g/mol. The number of carbonyl (C=O) groups excluding carboxylic acids is 1. The molecule has 0 aliphatic heterocycles. The molecule has 1 heterocycles. The molecular formula is C14H10FNO3. The summed E-state index contributed by atoms with van der Waals surface area (Å²) in [6.45, 7) is 0. The van der Waals surface area contributed by atoms with Crippen LogP contribution in [-0.2, 0) is 0 Å². The van der Waals surface area contributed by atoms with Crippen LogP contribution in [0.1, 0.15) is 16.1 Å². The van der Waals surface area contributed by atoms with Crippen molar-refractivity contribution in [2.24, 2.45) is 0 Å². The van der Waals surface area contributed by atoms with Crippen LogP contribution in [0.25, 0.3) is 6.08 Å². The van der Waals surface area contributed by atoms with Crippen molar-refractivity contribution in [1.29, 1.82) is 0 Å². The van der Waals surface area contributed by atoms with Gasteiger partial charge in [-0.05, 0) is 36.4 Å². The predicted octanol–water partition coefficient (Wildman–Crippen LogP) is 2.12. The molecule has 2 rings (SSSR count). The summed E-state index contributed by atoms with van der Waals surface area (Å²) >= 11 is 0. The van der Waals surface area contributed by atoms with E-state index in [0.717, 1.165) is 6.20 Å². The number of halogens is 1. The zero-order valence-electron chi connectivity index (χ0n) is 9.76. The van der Waals surface area contributed by atoms with Crippen LogP contribution in [0.4, 0.5) is 4.39 Å². The largest absolute Gasteiger partial charge is 0.503 e. The molecule has 0 unspecified atom stereocenters. The van der Waals surface area contributed by atoms with E-state index in [-0.39, 0.29) is 11.5 Å². The zero-order valence-corrected chi connectivity index (χ0v) is 9.76. The number of aromatic nitrogens is 1. The molecule has 1 aromatic carbocycles. The van der Waals surface area contributed by atoms with Crippen molar-refractivity contribution >= 4 is 11.9 Å². The number of benzene rings is 1. The Kier molecular flexibility index (Phi) is 3.56. The van der Waals surface area contributed by atoms with Crippen LogP contribution in [0.15, 0.2) is 47.4 Å². The second kappa shape index (κ2) is 5.30. The number of nitrogens with one attached hydrogen (secondary N) is 1. The fourth-order valence-corrected chi connectivity index (χ4v) is 1.45. The molecule has 0 saturated heterocycles. The Hall–Kier alpha value is -2.69. The Labute approximate surface area is 107 Å². The molecule has 0 aliphatic rings. The Morgan fingerprint density at radius 2 is 1.95 bits per heavy atom. The zero-order chi connectivity index (χ0) is 13.8. The van der Waals surface area contributed by atoms with Gasteiger partial charge >= 0.3 is 0 Å². The molecule has 0 radical (unpaired) electrons. The summed E-state index contributed by atoms with van der Waals surface area (Å²) in [5, 5.41) is 9.05. The minimum Gasteiger partial charge on any atom is -0.503 e. The second-order valence-electron chi connectivity index (χ2n) is 3.84. The average Bonchev–Trinajstić information content (AvgIpc) is 2.40. The molecule has 0 amide bonds. The van der Waals surface area contributed by atoms with Crippen molar-refractivity contribution in [1.82, 2.24) is 4.98 Å². The number of carbonyl (C=O) groups is 1. The number of H-pyrrole nitrogens is 1. The summed E-state index contributed by atoms with van der Waals surface area (Å²) in [5.41, 5.74) is 0.199. The Bertz CT molecular complexity index is 687. The van der Waals surface area contributed by atoms with Gasteiger partial charge < -0.3 is 10.1 Å². The standard InChI is InChI=1S/C14H10FNO3/c15-10-3-1-9(2-4-10)12(17)6-5-11-7-13(18)14(19)8-16-11/h1-8,19H,(H,16,18)/b6-5+. The highest BCUT2D eigenvalue weighted by atomic mass is 19.1. The van der Waals surface area contributed by atoms with Gasteiger partial charge in [-0.3, -0.25) is 9.59 Å². The van der Waals surface area contributed by atoms with E-state index >= 15 is 0 Å². The summed E-state index contributed by atoms with van der Waals surface area (Å²) in [6.07, 6.45) is 3.81. The van der Waals surface area contributed by atoms with Crippen LogP contribution >= 0.6 is 0 Å². The van der Waals surface area contributed by atoms with Gasteiger partial charge in [-0.1, -0.05) is 0 Å². The average molecular weight is 259 g/mol. The SMILES string of the molecule is O=C(/C=C/c1cc(=O)c(O)c[nH]1)c1ccc(F)cc1. The van der Waals surface area contributed by atoms with Crippen molar-refractivity contribution in [3.05, 3.63) is 69.9 Å². The van der Waals surface area contributed by atoms with E-state index in [1.54, 1.807) is 0 Å². The minimum absolute atomic E-state index is 0.311. The summed E-state index contributed by atoms with van der Waals surface area (Å²) in [7, 11) is 0. The highest BCUT2D eigenvalue weighted by Gasteiger charge is 2.02. The third-order valence-electron chi connectivity index (χ3n) is 2.46. The van der Waals surface area contributed by atoms with Crippen molar-refractivity contribution in [3.63, 3.8) is 0 Å². The number of allylic oxidation sites excluding steroid dienone is 1. The molecule has 0 fully saturated rings. The summed E-state index contributed by atoms with van der Waals surface area (Å²) in [4.78, 5) is 25.5. The molecule has 1 aromatic heterocycles. The van der Waals surface area contributed by atoms with Gasteiger partial charge in [-0.2, -0.15) is 0 Å². The van der Waals surface area contributed by atoms with Gasteiger partial charge in [0.15, 0.2) is 11.5 Å². The van der Waals surface area contributed by atoms with E-state index in [1.807, 2.05) is 0 Å². The Morgan fingerprint density at radius 1 is 1.26 bits per heavy atom. The van der Waals surface area contributed by atoms with E-state index in [0.29, 0.717) is 11.3 Å². The molecule has 0 bridgehead atoms. The van der Waals surface area contributed by atoms with Gasteiger partial charge in [-0.15, -0.1) is 0 Å². The van der Waals surface area contributed by atoms with Crippen molar-refractivity contribution in [3.8, 4) is 5.75 Å². The highest BCUT2D eigenvalue weighted by Crippen LogP contribution is 2.06. The first-order valence-corrected chi connectivity index (χ1v) is 5.46. The molecule has 96 valence electrons. The molecule has 5 heteroatoms. The second-order valence-corrected chi connectivity index (χ2v) is 3.84. The van der Waals surface area contributed by atoms with Gasteiger partial charge in [0.1, 0.15) is 5.82 Å². The Balaban J connectivity index is 2.18. The van der Waals surface area contributed by atoms with Gasteiger partial charge in [0.05, 0.1) is 0 Å². The maximum atomic E-state index is 12.7. The number of aromatic hydroxyl groups is 1. The molecule has 2 aromatic rings.